The maximum absolute atomic E-state index is 12.5. The van der Waals surface area contributed by atoms with Gasteiger partial charge in [-0.15, -0.1) is 0 Å². The highest BCUT2D eigenvalue weighted by Crippen LogP contribution is 2.23. The molecule has 0 saturated carbocycles. The molecule has 0 fully saturated rings. The molecule has 0 radical (unpaired) electrons. The number of benzene rings is 2. The van der Waals surface area contributed by atoms with E-state index in [0.29, 0.717) is 16.3 Å². The van der Waals surface area contributed by atoms with Crippen molar-refractivity contribution in [3.05, 3.63) is 58.6 Å². The number of carbonyl (C=O) groups is 1. The fraction of sp³-hybridized carbons (Fsp3) is 0.235. The number of hydrogen-bond acceptors (Lipinski definition) is 3. The van der Waals surface area contributed by atoms with Gasteiger partial charge in [0, 0.05) is 16.6 Å². The summed E-state index contributed by atoms with van der Waals surface area (Å²) in [5.41, 5.74) is 1.59. The van der Waals surface area contributed by atoms with E-state index in [-0.39, 0.29) is 16.8 Å². The third kappa shape index (κ3) is 4.49. The summed E-state index contributed by atoms with van der Waals surface area (Å²) in [4.78, 5) is 12.0. The van der Waals surface area contributed by atoms with Crippen LogP contribution < -0.4 is 10.0 Å². The highest BCUT2D eigenvalue weighted by molar-refractivity contribution is 7.92. The summed E-state index contributed by atoms with van der Waals surface area (Å²) in [6.45, 7) is 5.48. The number of anilines is 1. The van der Waals surface area contributed by atoms with Gasteiger partial charge in [0.2, 0.25) is 0 Å². The van der Waals surface area contributed by atoms with Crippen molar-refractivity contribution in [2.75, 3.05) is 4.72 Å². The quantitative estimate of drug-likeness (QED) is 0.849. The number of halogens is 1. The van der Waals surface area contributed by atoms with Gasteiger partial charge in [-0.05, 0) is 68.8 Å². The van der Waals surface area contributed by atoms with E-state index in [4.69, 9.17) is 11.6 Å². The average molecular weight is 367 g/mol. The fourth-order valence-corrected chi connectivity index (χ4v) is 3.43. The van der Waals surface area contributed by atoms with Crippen molar-refractivity contribution in [1.29, 1.82) is 0 Å². The second-order valence-electron chi connectivity index (χ2n) is 5.72. The highest BCUT2D eigenvalue weighted by Gasteiger charge is 2.16. The molecule has 0 unspecified atom stereocenters. The third-order valence-corrected chi connectivity index (χ3v) is 4.90. The second kappa shape index (κ2) is 7.23. The molecule has 0 saturated heterocycles. The lowest BCUT2D eigenvalue weighted by molar-refractivity contribution is 0.0943. The zero-order valence-corrected chi connectivity index (χ0v) is 15.2. The molecule has 2 aromatic rings. The van der Waals surface area contributed by atoms with E-state index in [1.807, 2.05) is 13.8 Å². The Balaban J connectivity index is 2.22. The van der Waals surface area contributed by atoms with E-state index in [1.54, 1.807) is 25.1 Å². The van der Waals surface area contributed by atoms with Crippen molar-refractivity contribution in [2.24, 2.45) is 0 Å². The number of amides is 1. The number of nitrogens with one attached hydrogen (secondary N) is 2. The number of aryl methyl sites for hydroxylation is 1. The number of carbonyl (C=O) groups excluding carboxylic acids is 1. The monoisotopic (exact) mass is 366 g/mol. The molecule has 0 atom stereocenters. The van der Waals surface area contributed by atoms with E-state index in [1.165, 1.54) is 24.3 Å². The molecule has 0 aliphatic carbocycles. The van der Waals surface area contributed by atoms with Gasteiger partial charge in [-0.1, -0.05) is 11.6 Å². The molecule has 5 nitrogen and oxygen atoms in total. The summed E-state index contributed by atoms with van der Waals surface area (Å²) in [5.74, 6) is -0.240. The molecule has 2 aromatic carbocycles. The Morgan fingerprint density at radius 2 is 1.71 bits per heavy atom. The molecule has 1 amide bonds. The van der Waals surface area contributed by atoms with Crippen LogP contribution in [-0.2, 0) is 10.0 Å². The van der Waals surface area contributed by atoms with Gasteiger partial charge in [0.05, 0.1) is 10.6 Å². The normalized spacial score (nSPS) is 11.4. The van der Waals surface area contributed by atoms with Gasteiger partial charge >= 0.3 is 0 Å². The van der Waals surface area contributed by atoms with E-state index in [0.717, 1.165) is 5.56 Å². The van der Waals surface area contributed by atoms with Gasteiger partial charge in [-0.25, -0.2) is 8.42 Å². The molecule has 2 rings (SSSR count). The Bertz CT molecular complexity index is 847. The molecule has 2 N–H and O–H groups in total. The predicted molar refractivity (Wildman–Crippen MR) is 96.0 cm³/mol. The maximum atomic E-state index is 12.5. The van der Waals surface area contributed by atoms with Crippen molar-refractivity contribution >= 4 is 33.2 Å². The fourth-order valence-electron chi connectivity index (χ4n) is 2.08. The van der Waals surface area contributed by atoms with Crippen molar-refractivity contribution in [3.8, 4) is 0 Å². The first-order chi connectivity index (χ1) is 11.2. The summed E-state index contributed by atoms with van der Waals surface area (Å²) in [7, 11) is -3.74. The second-order valence-corrected chi connectivity index (χ2v) is 7.84. The van der Waals surface area contributed by atoms with Gasteiger partial charge in [-0.3, -0.25) is 9.52 Å². The molecular weight excluding hydrogens is 348 g/mol. The molecule has 24 heavy (non-hydrogen) atoms. The molecule has 0 heterocycles. The van der Waals surface area contributed by atoms with Crippen LogP contribution >= 0.6 is 11.6 Å². The first kappa shape index (κ1) is 18.3. The largest absolute Gasteiger partial charge is 0.350 e. The smallest absolute Gasteiger partial charge is 0.261 e. The minimum absolute atomic E-state index is 0.00968. The van der Waals surface area contributed by atoms with Gasteiger partial charge < -0.3 is 5.32 Å². The number of hydrogen-bond donors (Lipinski definition) is 2. The van der Waals surface area contributed by atoms with Gasteiger partial charge in [0.15, 0.2) is 0 Å². The molecule has 0 aliphatic heterocycles. The van der Waals surface area contributed by atoms with Crippen LogP contribution in [0.25, 0.3) is 0 Å². The zero-order valence-electron chi connectivity index (χ0n) is 13.6. The van der Waals surface area contributed by atoms with Crippen LogP contribution in [0.4, 0.5) is 5.69 Å². The van der Waals surface area contributed by atoms with E-state index < -0.39 is 10.0 Å². The van der Waals surface area contributed by atoms with Crippen LogP contribution in [0.1, 0.15) is 29.8 Å². The van der Waals surface area contributed by atoms with Crippen LogP contribution in [0.2, 0.25) is 5.02 Å². The number of sulfonamides is 1. The number of rotatable bonds is 5. The minimum Gasteiger partial charge on any atom is -0.350 e. The first-order valence-corrected chi connectivity index (χ1v) is 9.25. The van der Waals surface area contributed by atoms with E-state index in [9.17, 15) is 13.2 Å². The molecule has 7 heteroatoms. The molecule has 0 spiro atoms. The lowest BCUT2D eigenvalue weighted by Gasteiger charge is -2.12. The summed E-state index contributed by atoms with van der Waals surface area (Å²) >= 11 is 5.87. The summed E-state index contributed by atoms with van der Waals surface area (Å²) in [6, 6.07) is 10.7. The third-order valence-electron chi connectivity index (χ3n) is 3.28. The van der Waals surface area contributed by atoms with Crippen LogP contribution in [0, 0.1) is 6.92 Å². The molecule has 128 valence electrons. The lowest BCUT2D eigenvalue weighted by atomic mass is 10.2. The molecular formula is C17H19ClN2O3S. The van der Waals surface area contributed by atoms with Crippen LogP contribution in [0.15, 0.2) is 47.4 Å². The first-order valence-electron chi connectivity index (χ1n) is 7.39. The zero-order chi connectivity index (χ0) is 17.9. The highest BCUT2D eigenvalue weighted by atomic mass is 35.5. The van der Waals surface area contributed by atoms with Crippen LogP contribution in [-0.4, -0.2) is 20.4 Å². The summed E-state index contributed by atoms with van der Waals surface area (Å²) in [6.07, 6.45) is 0. The Hall–Kier alpha value is -2.05. The van der Waals surface area contributed by atoms with Crippen molar-refractivity contribution in [2.45, 2.75) is 31.7 Å². The Kier molecular flexibility index (Phi) is 5.51. The summed E-state index contributed by atoms with van der Waals surface area (Å²) < 4.78 is 27.4. The van der Waals surface area contributed by atoms with Crippen LogP contribution in [0.3, 0.4) is 0 Å². The molecule has 0 aromatic heterocycles. The van der Waals surface area contributed by atoms with Gasteiger partial charge in [0.1, 0.15) is 0 Å². The topological polar surface area (TPSA) is 75.3 Å². The SMILES string of the molecule is Cc1cc(Cl)ccc1NS(=O)(=O)c1ccc(C(=O)NC(C)C)cc1. The average Bonchev–Trinajstić information content (AvgIpc) is 2.49. The predicted octanol–water partition coefficient (Wildman–Crippen LogP) is 3.59. The Morgan fingerprint density at radius 3 is 2.25 bits per heavy atom. The van der Waals surface area contributed by atoms with Crippen LogP contribution in [0.5, 0.6) is 0 Å². The maximum Gasteiger partial charge on any atom is 0.261 e. The minimum atomic E-state index is -3.74. The van der Waals surface area contributed by atoms with Crippen molar-refractivity contribution in [1.82, 2.24) is 5.32 Å². The van der Waals surface area contributed by atoms with Crippen molar-refractivity contribution < 1.29 is 13.2 Å². The standard InChI is InChI=1S/C17H19ClN2O3S/c1-11(2)19-17(21)13-4-7-15(8-5-13)24(22,23)20-16-9-6-14(18)10-12(16)3/h4-11,20H,1-3H3,(H,19,21). The van der Waals surface area contributed by atoms with Gasteiger partial charge in [0.25, 0.3) is 15.9 Å². The van der Waals surface area contributed by atoms with E-state index >= 15 is 0 Å². The van der Waals surface area contributed by atoms with E-state index in [2.05, 4.69) is 10.0 Å². The van der Waals surface area contributed by atoms with Crippen molar-refractivity contribution in [3.63, 3.8) is 0 Å². The summed E-state index contributed by atoms with van der Waals surface area (Å²) in [5, 5.41) is 3.29. The lowest BCUT2D eigenvalue weighted by Crippen LogP contribution is -2.30. The Labute approximate surface area is 147 Å². The molecule has 0 bridgehead atoms. The molecule has 0 aliphatic rings. The van der Waals surface area contributed by atoms with Gasteiger partial charge in [-0.2, -0.15) is 0 Å². The Morgan fingerprint density at radius 1 is 1.08 bits per heavy atom.